The summed E-state index contributed by atoms with van der Waals surface area (Å²) in [5.41, 5.74) is 5.76. The number of ketones is 1. The Morgan fingerprint density at radius 3 is 2.57 bits per heavy atom. The minimum absolute atomic E-state index is 0.00814. The molecule has 3 rings (SSSR count). The molecule has 4 nitrogen and oxygen atoms in total. The highest BCUT2D eigenvalue weighted by molar-refractivity contribution is 8.14. The largest absolute Gasteiger partial charge is 0.340 e. The van der Waals surface area contributed by atoms with E-state index in [1.54, 1.807) is 13.1 Å². The Labute approximate surface area is 184 Å². The molecular weight excluding hydrogens is 392 g/mol. The summed E-state index contributed by atoms with van der Waals surface area (Å²) in [4.78, 5) is 31.8. The van der Waals surface area contributed by atoms with Gasteiger partial charge in [0.1, 0.15) is 0 Å². The van der Waals surface area contributed by atoms with Crippen LogP contribution >= 0.6 is 11.8 Å². The molecule has 5 heteroatoms. The van der Waals surface area contributed by atoms with Crippen molar-refractivity contribution in [3.63, 3.8) is 0 Å². The minimum Gasteiger partial charge on any atom is -0.340 e. The van der Waals surface area contributed by atoms with Gasteiger partial charge in [-0.15, -0.1) is 0 Å². The van der Waals surface area contributed by atoms with Gasteiger partial charge in [0.05, 0.1) is 0 Å². The van der Waals surface area contributed by atoms with Gasteiger partial charge in [0.2, 0.25) is 5.78 Å². The third-order valence-electron chi connectivity index (χ3n) is 5.84. The molecule has 1 aliphatic carbocycles. The standard InChI is InChI=1S/C25H32N2O2S/c1-16-15-26-23(27-16)22(29)13-19-7-8-20(25(5,6)30-17(2)28)14-21(19)18-9-11-24(3,4)12-10-18/h7-9,14-15H,10-13H2,1-6H3,(H,26,27). The second-order valence-electron chi connectivity index (χ2n) is 9.59. The van der Waals surface area contributed by atoms with Crippen LogP contribution in [0.4, 0.5) is 0 Å². The van der Waals surface area contributed by atoms with Crippen molar-refractivity contribution in [2.45, 2.75) is 72.0 Å². The first kappa shape index (κ1) is 22.5. The smallest absolute Gasteiger partial charge is 0.202 e. The van der Waals surface area contributed by atoms with Crippen molar-refractivity contribution in [2.75, 3.05) is 0 Å². The van der Waals surface area contributed by atoms with Crippen LogP contribution in [0, 0.1) is 12.3 Å². The molecule has 0 bridgehead atoms. The molecule has 0 fully saturated rings. The molecule has 0 radical (unpaired) electrons. The number of nitrogens with one attached hydrogen (secondary N) is 1. The van der Waals surface area contributed by atoms with E-state index in [4.69, 9.17) is 0 Å². The fourth-order valence-corrected chi connectivity index (χ4v) is 4.92. The van der Waals surface area contributed by atoms with E-state index in [9.17, 15) is 9.59 Å². The average Bonchev–Trinajstić information content (AvgIpc) is 3.07. The van der Waals surface area contributed by atoms with Gasteiger partial charge in [-0.3, -0.25) is 9.59 Å². The zero-order valence-corrected chi connectivity index (χ0v) is 19.7. The number of nitrogens with zero attached hydrogens (tertiary/aromatic N) is 1. The van der Waals surface area contributed by atoms with Crippen LogP contribution in [-0.2, 0) is 16.0 Å². The first-order valence-electron chi connectivity index (χ1n) is 10.5. The molecule has 0 saturated heterocycles. The minimum atomic E-state index is -0.324. The Balaban J connectivity index is 2.00. The lowest BCUT2D eigenvalue weighted by molar-refractivity contribution is -0.109. The Bertz CT molecular complexity index is 998. The first-order valence-corrected chi connectivity index (χ1v) is 11.4. The van der Waals surface area contributed by atoms with Gasteiger partial charge in [-0.2, -0.15) is 0 Å². The number of carbonyl (C=O) groups is 2. The molecule has 0 saturated carbocycles. The summed E-state index contributed by atoms with van der Waals surface area (Å²) in [5, 5.41) is 0.104. The predicted octanol–water partition coefficient (Wildman–Crippen LogP) is 6.25. The molecule has 1 aromatic heterocycles. The number of aromatic amines is 1. The molecule has 0 amide bonds. The van der Waals surface area contributed by atoms with Crippen LogP contribution < -0.4 is 0 Å². The topological polar surface area (TPSA) is 62.8 Å². The monoisotopic (exact) mass is 424 g/mol. The molecule has 0 unspecified atom stereocenters. The number of carbonyl (C=O) groups excluding carboxylic acids is 2. The van der Waals surface area contributed by atoms with Gasteiger partial charge in [-0.1, -0.05) is 43.8 Å². The van der Waals surface area contributed by atoms with E-state index in [0.717, 1.165) is 41.6 Å². The number of thioether (sulfide) groups is 1. The fraction of sp³-hybridized carbons (Fsp3) is 0.480. The van der Waals surface area contributed by atoms with Crippen molar-refractivity contribution in [2.24, 2.45) is 5.41 Å². The summed E-state index contributed by atoms with van der Waals surface area (Å²) in [5.74, 6) is 0.403. The Morgan fingerprint density at radius 1 is 1.27 bits per heavy atom. The number of rotatable bonds is 6. The summed E-state index contributed by atoms with van der Waals surface area (Å²) in [7, 11) is 0. The highest BCUT2D eigenvalue weighted by Gasteiger charge is 2.27. The second-order valence-corrected chi connectivity index (χ2v) is 11.4. The summed E-state index contributed by atoms with van der Waals surface area (Å²) < 4.78 is -0.324. The molecule has 1 aromatic carbocycles. The summed E-state index contributed by atoms with van der Waals surface area (Å²) in [6.07, 6.45) is 7.48. The van der Waals surface area contributed by atoms with Crippen molar-refractivity contribution in [3.8, 4) is 0 Å². The molecule has 160 valence electrons. The van der Waals surface area contributed by atoms with E-state index in [2.05, 4.69) is 61.9 Å². The molecular formula is C25H32N2O2S. The van der Waals surface area contributed by atoms with Gasteiger partial charge in [0, 0.05) is 30.0 Å². The number of imidazole rings is 1. The van der Waals surface area contributed by atoms with Crippen molar-refractivity contribution >= 4 is 28.2 Å². The Kier molecular flexibility index (Phi) is 6.42. The Hall–Kier alpha value is -2.14. The second kappa shape index (κ2) is 8.54. The van der Waals surface area contributed by atoms with Gasteiger partial charge in [-0.25, -0.2) is 4.98 Å². The maximum absolute atomic E-state index is 12.8. The van der Waals surface area contributed by atoms with Crippen LogP contribution in [0.15, 0.2) is 30.5 Å². The fourth-order valence-electron chi connectivity index (χ4n) is 3.95. The van der Waals surface area contributed by atoms with E-state index in [1.807, 2.05) is 6.92 Å². The van der Waals surface area contributed by atoms with E-state index in [0.29, 0.717) is 17.7 Å². The number of hydrogen-bond donors (Lipinski definition) is 1. The van der Waals surface area contributed by atoms with E-state index in [1.165, 1.54) is 17.3 Å². The van der Waals surface area contributed by atoms with Crippen LogP contribution in [-0.4, -0.2) is 20.9 Å². The molecule has 0 atom stereocenters. The third-order valence-corrected chi connectivity index (χ3v) is 6.87. The summed E-state index contributed by atoms with van der Waals surface area (Å²) in [6.45, 7) is 12.3. The molecule has 0 spiro atoms. The molecule has 1 N–H and O–H groups in total. The molecule has 30 heavy (non-hydrogen) atoms. The van der Waals surface area contributed by atoms with E-state index < -0.39 is 0 Å². The lowest BCUT2D eigenvalue weighted by Gasteiger charge is -2.30. The predicted molar refractivity (Wildman–Crippen MR) is 125 cm³/mol. The zero-order chi connectivity index (χ0) is 22.1. The number of aryl methyl sites for hydroxylation is 1. The lowest BCUT2D eigenvalue weighted by Crippen LogP contribution is -2.17. The van der Waals surface area contributed by atoms with Gasteiger partial charge < -0.3 is 4.98 Å². The molecule has 0 aliphatic heterocycles. The number of allylic oxidation sites excluding steroid dienone is 2. The van der Waals surface area contributed by atoms with Crippen LogP contribution in [0.3, 0.4) is 0 Å². The highest BCUT2D eigenvalue weighted by Crippen LogP contribution is 2.42. The third kappa shape index (κ3) is 5.31. The normalized spacial score (nSPS) is 16.3. The van der Waals surface area contributed by atoms with Crippen LogP contribution in [0.2, 0.25) is 0 Å². The lowest BCUT2D eigenvalue weighted by atomic mass is 9.76. The summed E-state index contributed by atoms with van der Waals surface area (Å²) in [6, 6.07) is 6.31. The number of benzene rings is 1. The van der Waals surface area contributed by atoms with E-state index >= 15 is 0 Å². The quantitative estimate of drug-likeness (QED) is 0.557. The maximum atomic E-state index is 12.8. The average molecular weight is 425 g/mol. The van der Waals surface area contributed by atoms with Gasteiger partial charge >= 0.3 is 0 Å². The highest BCUT2D eigenvalue weighted by atomic mass is 32.2. The molecule has 1 heterocycles. The van der Waals surface area contributed by atoms with Gasteiger partial charge in [0.15, 0.2) is 10.9 Å². The first-order chi connectivity index (χ1) is 14.0. The maximum Gasteiger partial charge on any atom is 0.202 e. The number of H-pyrrole nitrogens is 1. The van der Waals surface area contributed by atoms with Crippen LogP contribution in [0.1, 0.15) is 86.9 Å². The van der Waals surface area contributed by atoms with Crippen molar-refractivity contribution in [3.05, 3.63) is 58.7 Å². The molecule has 1 aliphatic rings. The van der Waals surface area contributed by atoms with Crippen molar-refractivity contribution in [1.29, 1.82) is 0 Å². The number of hydrogen-bond acceptors (Lipinski definition) is 4. The van der Waals surface area contributed by atoms with Crippen LogP contribution in [0.25, 0.3) is 5.57 Å². The SMILES string of the molecule is CC(=O)SC(C)(C)c1ccc(CC(=O)c2ncc(C)[nH]2)c(C2=CCC(C)(C)CC2)c1. The van der Waals surface area contributed by atoms with Gasteiger partial charge in [-0.05, 0) is 73.8 Å². The summed E-state index contributed by atoms with van der Waals surface area (Å²) >= 11 is 1.34. The zero-order valence-electron chi connectivity index (χ0n) is 18.9. The van der Waals surface area contributed by atoms with Gasteiger partial charge in [0.25, 0.3) is 0 Å². The van der Waals surface area contributed by atoms with E-state index in [-0.39, 0.29) is 15.6 Å². The number of aromatic nitrogens is 2. The molecule has 2 aromatic rings. The van der Waals surface area contributed by atoms with Crippen molar-refractivity contribution in [1.82, 2.24) is 9.97 Å². The number of Topliss-reactive ketones (excluding diaryl/α,β-unsaturated/α-hetero) is 1. The van der Waals surface area contributed by atoms with Crippen molar-refractivity contribution < 1.29 is 9.59 Å². The Morgan fingerprint density at radius 2 is 2.00 bits per heavy atom. The van der Waals surface area contributed by atoms with Crippen LogP contribution in [0.5, 0.6) is 0 Å².